The number of allylic oxidation sites excluding steroid dienone is 2. The molecule has 0 aliphatic carbocycles. The molecule has 1 aliphatic heterocycles. The van der Waals surface area contributed by atoms with Crippen LogP contribution >= 0.6 is 11.8 Å². The van der Waals surface area contributed by atoms with Crippen LogP contribution in [0, 0.1) is 6.92 Å². The molecular weight excluding hydrogens is 384 g/mol. The Bertz CT molecular complexity index is 1110. The molecule has 150 valence electrons. The molecule has 0 radical (unpaired) electrons. The summed E-state index contributed by atoms with van der Waals surface area (Å²) in [5.74, 6) is 1.89. The van der Waals surface area contributed by atoms with Gasteiger partial charge in [0.1, 0.15) is 5.76 Å². The minimum Gasteiger partial charge on any atom is -0.469 e. The van der Waals surface area contributed by atoms with E-state index in [4.69, 9.17) is 4.42 Å². The van der Waals surface area contributed by atoms with Gasteiger partial charge in [0.25, 0.3) is 0 Å². The molecule has 3 heterocycles. The van der Waals surface area contributed by atoms with E-state index in [0.29, 0.717) is 10.9 Å². The Morgan fingerprint density at radius 1 is 1.21 bits per heavy atom. The molecule has 0 fully saturated rings. The van der Waals surface area contributed by atoms with Crippen LogP contribution in [0.2, 0.25) is 0 Å². The van der Waals surface area contributed by atoms with Gasteiger partial charge >= 0.3 is 0 Å². The summed E-state index contributed by atoms with van der Waals surface area (Å²) in [7, 11) is 3.92. The van der Waals surface area contributed by atoms with Crippen LogP contribution < -0.4 is 4.90 Å². The highest BCUT2D eigenvalue weighted by atomic mass is 32.2. The highest BCUT2D eigenvalue weighted by molar-refractivity contribution is 7.99. The van der Waals surface area contributed by atoms with E-state index in [0.717, 1.165) is 28.5 Å². The minimum absolute atomic E-state index is 0.0572. The van der Waals surface area contributed by atoms with Crippen molar-refractivity contribution in [3.63, 3.8) is 0 Å². The third-order valence-electron chi connectivity index (χ3n) is 5.52. The number of hydrogen-bond acceptors (Lipinski definition) is 6. The van der Waals surface area contributed by atoms with Gasteiger partial charge in [0.05, 0.1) is 17.6 Å². The average Bonchev–Trinajstić information content (AvgIpc) is 3.33. The van der Waals surface area contributed by atoms with Crippen molar-refractivity contribution >= 4 is 23.2 Å². The van der Waals surface area contributed by atoms with Crippen LogP contribution in [0.3, 0.4) is 0 Å². The van der Waals surface area contributed by atoms with Gasteiger partial charge in [0.2, 0.25) is 0 Å². The number of furan rings is 1. The van der Waals surface area contributed by atoms with Crippen LogP contribution in [0.1, 0.15) is 25.2 Å². The van der Waals surface area contributed by atoms with Crippen molar-refractivity contribution < 1.29 is 9.21 Å². The Morgan fingerprint density at radius 2 is 1.97 bits per heavy atom. The van der Waals surface area contributed by atoms with Gasteiger partial charge in [-0.25, -0.2) is 0 Å². The summed E-state index contributed by atoms with van der Waals surface area (Å²) in [4.78, 5) is 14.9. The van der Waals surface area contributed by atoms with Crippen molar-refractivity contribution in [3.8, 4) is 11.4 Å². The van der Waals surface area contributed by atoms with Gasteiger partial charge in [-0.3, -0.25) is 4.79 Å². The Kier molecular flexibility index (Phi) is 4.86. The third kappa shape index (κ3) is 3.29. The number of para-hydroxylation sites is 1. The van der Waals surface area contributed by atoms with E-state index in [1.54, 1.807) is 12.3 Å². The summed E-state index contributed by atoms with van der Waals surface area (Å²) in [5, 5.41) is 9.21. The first kappa shape index (κ1) is 19.5. The van der Waals surface area contributed by atoms with Crippen LogP contribution in [0.15, 0.2) is 57.9 Å². The molecule has 1 aliphatic rings. The number of anilines is 1. The fourth-order valence-electron chi connectivity index (χ4n) is 3.88. The fourth-order valence-corrected chi connectivity index (χ4v) is 4.61. The van der Waals surface area contributed by atoms with E-state index in [9.17, 15) is 4.79 Å². The van der Waals surface area contributed by atoms with Crippen LogP contribution in [0.4, 0.5) is 5.69 Å². The number of fused-ring (bicyclic) bond motifs is 1. The number of benzene rings is 1. The number of rotatable bonds is 5. The highest BCUT2D eigenvalue weighted by Crippen LogP contribution is 2.46. The predicted molar refractivity (Wildman–Crippen MR) is 115 cm³/mol. The molecular formula is C22H24N4O2S. The van der Waals surface area contributed by atoms with Crippen LogP contribution in [-0.2, 0) is 17.3 Å². The molecule has 6 nitrogen and oxygen atoms in total. The molecule has 0 bridgehead atoms. The summed E-state index contributed by atoms with van der Waals surface area (Å²) >= 11 is 1.39. The topological polar surface area (TPSA) is 64.2 Å². The summed E-state index contributed by atoms with van der Waals surface area (Å²) in [6.45, 7) is 6.21. The van der Waals surface area contributed by atoms with Crippen LogP contribution in [0.5, 0.6) is 0 Å². The lowest BCUT2D eigenvalue weighted by Crippen LogP contribution is -2.24. The molecule has 29 heavy (non-hydrogen) atoms. The summed E-state index contributed by atoms with van der Waals surface area (Å²) in [6, 6.07) is 10.2. The number of aryl methyl sites for hydroxylation is 1. The lowest BCUT2D eigenvalue weighted by atomic mass is 9.83. The van der Waals surface area contributed by atoms with Gasteiger partial charge in [-0.1, -0.05) is 43.8 Å². The molecule has 7 heteroatoms. The number of aromatic nitrogens is 3. The normalized spacial score (nSPS) is 16.4. The van der Waals surface area contributed by atoms with Gasteiger partial charge < -0.3 is 13.9 Å². The zero-order valence-corrected chi connectivity index (χ0v) is 18.1. The molecule has 0 N–H and O–H groups in total. The molecule has 0 spiro atoms. The first-order valence-electron chi connectivity index (χ1n) is 9.45. The zero-order chi connectivity index (χ0) is 20.8. The van der Waals surface area contributed by atoms with Crippen LogP contribution in [-0.4, -0.2) is 33.3 Å². The molecule has 4 rings (SSSR count). The summed E-state index contributed by atoms with van der Waals surface area (Å²) in [5.41, 5.74) is 4.10. The molecule has 0 saturated carbocycles. The number of ketones is 1. The lowest BCUT2D eigenvalue weighted by molar-refractivity contribution is -0.112. The van der Waals surface area contributed by atoms with E-state index in [1.165, 1.54) is 17.3 Å². The van der Waals surface area contributed by atoms with Crippen LogP contribution in [0.25, 0.3) is 11.4 Å². The quantitative estimate of drug-likeness (QED) is 0.462. The minimum atomic E-state index is -0.206. The van der Waals surface area contributed by atoms with E-state index >= 15 is 0 Å². The van der Waals surface area contributed by atoms with Gasteiger partial charge in [0, 0.05) is 37.0 Å². The highest BCUT2D eigenvalue weighted by Gasteiger charge is 2.38. The number of likely N-dealkylation sites (N-methyl/N-ethyl adjacent to an activating group) is 1. The lowest BCUT2D eigenvalue weighted by Gasteiger charge is -2.23. The van der Waals surface area contributed by atoms with E-state index in [1.807, 2.05) is 43.8 Å². The Hall–Kier alpha value is -2.80. The molecule has 0 amide bonds. The SMILES string of the molecule is Cc1occc1-c1nnc(SCC(=O)C=C2N(C)c3ccccc3C2(C)C)n1C. The van der Waals surface area contributed by atoms with Crippen molar-refractivity contribution in [1.82, 2.24) is 14.8 Å². The van der Waals surface area contributed by atoms with Crippen molar-refractivity contribution in [3.05, 3.63) is 59.7 Å². The maximum Gasteiger partial charge on any atom is 0.191 e. The summed E-state index contributed by atoms with van der Waals surface area (Å²) in [6.07, 6.45) is 3.41. The fraction of sp³-hybridized carbons (Fsp3) is 0.318. The number of carbonyl (C=O) groups is 1. The third-order valence-corrected chi connectivity index (χ3v) is 6.56. The molecule has 1 aromatic carbocycles. The monoisotopic (exact) mass is 408 g/mol. The summed E-state index contributed by atoms with van der Waals surface area (Å²) < 4.78 is 7.25. The maximum absolute atomic E-state index is 12.8. The average molecular weight is 409 g/mol. The Morgan fingerprint density at radius 3 is 2.66 bits per heavy atom. The predicted octanol–water partition coefficient (Wildman–Crippen LogP) is 4.36. The number of carbonyl (C=O) groups excluding carboxylic acids is 1. The van der Waals surface area contributed by atoms with Gasteiger partial charge in [0.15, 0.2) is 16.8 Å². The second kappa shape index (κ2) is 7.22. The largest absolute Gasteiger partial charge is 0.469 e. The van der Waals surface area contributed by atoms with E-state index in [2.05, 4.69) is 41.1 Å². The number of thioether (sulfide) groups is 1. The number of hydrogen-bond donors (Lipinski definition) is 0. The molecule has 0 atom stereocenters. The van der Waals surface area contributed by atoms with Gasteiger partial charge in [-0.05, 0) is 24.6 Å². The Balaban J connectivity index is 1.50. The second-order valence-electron chi connectivity index (χ2n) is 7.74. The number of nitrogens with zero attached hydrogens (tertiary/aromatic N) is 4. The van der Waals surface area contributed by atoms with Gasteiger partial charge in [-0.2, -0.15) is 0 Å². The molecule has 0 saturated heterocycles. The van der Waals surface area contributed by atoms with Crippen molar-refractivity contribution in [2.45, 2.75) is 31.3 Å². The van der Waals surface area contributed by atoms with Crippen molar-refractivity contribution in [2.24, 2.45) is 7.05 Å². The molecule has 0 unspecified atom stereocenters. The second-order valence-corrected chi connectivity index (χ2v) is 8.68. The Labute approximate surface area is 174 Å². The van der Waals surface area contributed by atoms with E-state index < -0.39 is 0 Å². The van der Waals surface area contributed by atoms with Crippen molar-refractivity contribution in [2.75, 3.05) is 17.7 Å². The molecule has 2 aromatic heterocycles. The standard InChI is InChI=1S/C22H24N4O2S/c1-14-16(10-11-28-14)20-23-24-21(26(20)5)29-13-15(27)12-19-22(2,3)17-8-6-7-9-18(17)25(19)4/h6-12H,13H2,1-5H3. The maximum atomic E-state index is 12.8. The molecule has 3 aromatic rings. The smallest absolute Gasteiger partial charge is 0.191 e. The first-order chi connectivity index (χ1) is 13.8. The van der Waals surface area contributed by atoms with E-state index in [-0.39, 0.29) is 11.2 Å². The van der Waals surface area contributed by atoms with Gasteiger partial charge in [-0.15, -0.1) is 10.2 Å². The van der Waals surface area contributed by atoms with Crippen molar-refractivity contribution in [1.29, 1.82) is 0 Å². The first-order valence-corrected chi connectivity index (χ1v) is 10.4. The zero-order valence-electron chi connectivity index (χ0n) is 17.3.